The molecule has 11 nitrogen and oxygen atoms in total. The van der Waals surface area contributed by atoms with Crippen LogP contribution in [0.5, 0.6) is 11.6 Å². The first-order valence-corrected chi connectivity index (χ1v) is 17.4. The van der Waals surface area contributed by atoms with Crippen LogP contribution in [0.3, 0.4) is 0 Å². The zero-order chi connectivity index (χ0) is 33.3. The molecule has 2 aromatic carbocycles. The van der Waals surface area contributed by atoms with E-state index < -0.39 is 10.0 Å². The highest BCUT2D eigenvalue weighted by molar-refractivity contribution is 7.92. The summed E-state index contributed by atoms with van der Waals surface area (Å²) in [5.74, 6) is 1.49. The largest absolute Gasteiger partial charge is 0.487 e. The number of anilines is 1. The van der Waals surface area contributed by atoms with Gasteiger partial charge in [-0.05, 0) is 68.4 Å². The highest BCUT2D eigenvalue weighted by atomic mass is 32.2. The highest BCUT2D eigenvalue weighted by Gasteiger charge is 2.34. The van der Waals surface area contributed by atoms with Crippen LogP contribution in [-0.2, 0) is 16.6 Å². The Balaban J connectivity index is 1.41. The molecular weight excluding hydrogens is 616 g/mol. The Hall–Kier alpha value is -4.58. The van der Waals surface area contributed by atoms with Crippen molar-refractivity contribution in [2.75, 3.05) is 11.3 Å². The number of fused-ring (bicyclic) bond motifs is 4. The quantitative estimate of drug-likeness (QED) is 0.243. The number of ether oxygens (including phenoxy) is 2. The van der Waals surface area contributed by atoms with E-state index in [4.69, 9.17) is 9.47 Å². The maximum atomic E-state index is 14.3. The number of sulfonamides is 1. The number of hydrogen-bond donors (Lipinski definition) is 1. The number of amides is 1. The minimum absolute atomic E-state index is 0.0131. The van der Waals surface area contributed by atoms with Crippen molar-refractivity contribution in [2.24, 2.45) is 11.8 Å². The molecule has 12 heteroatoms. The van der Waals surface area contributed by atoms with Crippen LogP contribution < -0.4 is 14.2 Å². The molecule has 246 valence electrons. The molecule has 3 heterocycles. The SMILES string of the molecule is Cc1cccc(C)c1-c1cc2nc(n1)NS(=O)(=O)c1cccc(c1)C(=O)N(Cc1ncc(O[C@@H](C)C(C)C)cn1)[C@H](CC1CC1)CO2. The summed E-state index contributed by atoms with van der Waals surface area (Å²) in [7, 11) is -4.16. The number of aryl methyl sites for hydroxylation is 2. The fourth-order valence-corrected chi connectivity index (χ4v) is 6.58. The van der Waals surface area contributed by atoms with E-state index in [0.29, 0.717) is 35.5 Å². The van der Waals surface area contributed by atoms with Crippen LogP contribution in [0.25, 0.3) is 11.3 Å². The first-order chi connectivity index (χ1) is 22.5. The average Bonchev–Trinajstić information content (AvgIpc) is 3.86. The van der Waals surface area contributed by atoms with Crippen molar-refractivity contribution in [3.05, 3.63) is 83.4 Å². The molecule has 0 unspecified atom stereocenters. The van der Waals surface area contributed by atoms with Gasteiger partial charge >= 0.3 is 0 Å². The summed E-state index contributed by atoms with van der Waals surface area (Å²) >= 11 is 0. The van der Waals surface area contributed by atoms with Gasteiger partial charge in [-0.1, -0.05) is 51.0 Å². The van der Waals surface area contributed by atoms with Gasteiger partial charge in [-0.3, -0.25) is 4.79 Å². The molecule has 2 atom stereocenters. The number of aromatic nitrogens is 4. The van der Waals surface area contributed by atoms with Crippen molar-refractivity contribution in [1.82, 2.24) is 24.8 Å². The summed E-state index contributed by atoms with van der Waals surface area (Å²) in [5, 5.41) is 0. The fourth-order valence-electron chi connectivity index (χ4n) is 5.59. The highest BCUT2D eigenvalue weighted by Crippen LogP contribution is 2.36. The second-order valence-corrected chi connectivity index (χ2v) is 14.5. The second-order valence-electron chi connectivity index (χ2n) is 12.8. The molecule has 1 saturated carbocycles. The van der Waals surface area contributed by atoms with Crippen LogP contribution >= 0.6 is 0 Å². The van der Waals surface area contributed by atoms with Crippen molar-refractivity contribution < 1.29 is 22.7 Å². The van der Waals surface area contributed by atoms with Gasteiger partial charge in [-0.2, -0.15) is 4.98 Å². The van der Waals surface area contributed by atoms with E-state index in [9.17, 15) is 13.2 Å². The zero-order valence-electron chi connectivity index (χ0n) is 27.3. The monoisotopic (exact) mass is 656 g/mol. The van der Waals surface area contributed by atoms with E-state index >= 15 is 0 Å². The molecular formula is C35H40N6O5S. The molecule has 1 aliphatic heterocycles. The maximum Gasteiger partial charge on any atom is 0.264 e. The normalized spacial score (nSPS) is 18.3. The van der Waals surface area contributed by atoms with Crippen LogP contribution in [0.15, 0.2) is 65.8 Å². The molecule has 4 bridgehead atoms. The van der Waals surface area contributed by atoms with E-state index in [1.54, 1.807) is 35.5 Å². The molecule has 1 fully saturated rings. The zero-order valence-corrected chi connectivity index (χ0v) is 28.1. The molecule has 4 aromatic rings. The van der Waals surface area contributed by atoms with Gasteiger partial charge < -0.3 is 14.4 Å². The topological polar surface area (TPSA) is 136 Å². The summed E-state index contributed by atoms with van der Waals surface area (Å²) in [5.41, 5.74) is 3.58. The molecule has 47 heavy (non-hydrogen) atoms. The van der Waals surface area contributed by atoms with Gasteiger partial charge in [0, 0.05) is 17.2 Å². The molecule has 6 rings (SSSR count). The summed E-state index contributed by atoms with van der Waals surface area (Å²) in [6, 6.07) is 13.3. The average molecular weight is 657 g/mol. The lowest BCUT2D eigenvalue weighted by molar-refractivity contribution is 0.0557. The van der Waals surface area contributed by atoms with Crippen LogP contribution in [0.4, 0.5) is 5.95 Å². The van der Waals surface area contributed by atoms with Crippen LogP contribution in [0.1, 0.15) is 67.3 Å². The Morgan fingerprint density at radius 2 is 1.70 bits per heavy atom. The standard InChI is InChI=1S/C35H40N6O5S/c1-21(2)24(5)46-28-17-36-31(37-18-28)19-41-27(14-25-12-13-25)20-45-32-16-30(33-22(3)8-6-9-23(33)4)38-35(39-32)40-47(43,44)29-11-7-10-26(15-29)34(41)42/h6-11,15-18,21,24-25,27H,12-14,19-20H2,1-5H3,(H,38,39,40)/t24-,27+/m0/s1. The summed E-state index contributed by atoms with van der Waals surface area (Å²) < 4.78 is 42.0. The van der Waals surface area contributed by atoms with Crippen molar-refractivity contribution in [1.29, 1.82) is 0 Å². The van der Waals surface area contributed by atoms with Gasteiger partial charge in [0.25, 0.3) is 15.9 Å². The summed E-state index contributed by atoms with van der Waals surface area (Å²) in [6.45, 7) is 10.3. The van der Waals surface area contributed by atoms with Gasteiger partial charge in [0.2, 0.25) is 11.8 Å². The van der Waals surface area contributed by atoms with Crippen molar-refractivity contribution in [3.8, 4) is 22.9 Å². The summed E-state index contributed by atoms with van der Waals surface area (Å²) in [4.78, 5) is 34.0. The van der Waals surface area contributed by atoms with Gasteiger partial charge in [0.15, 0.2) is 5.75 Å². The third kappa shape index (κ3) is 7.54. The Morgan fingerprint density at radius 1 is 1.00 bits per heavy atom. The molecule has 1 N–H and O–H groups in total. The number of carbonyl (C=O) groups excluding carboxylic acids is 1. The number of benzene rings is 2. The van der Waals surface area contributed by atoms with E-state index in [0.717, 1.165) is 29.5 Å². The third-order valence-electron chi connectivity index (χ3n) is 8.74. The summed E-state index contributed by atoms with van der Waals surface area (Å²) in [6.07, 6.45) is 6.07. The Labute approximate surface area is 275 Å². The number of nitrogens with one attached hydrogen (secondary N) is 1. The number of hydrogen-bond acceptors (Lipinski definition) is 9. The van der Waals surface area contributed by atoms with Crippen molar-refractivity contribution >= 4 is 21.9 Å². The third-order valence-corrected chi connectivity index (χ3v) is 10.1. The Kier molecular flexibility index (Phi) is 9.14. The molecule has 0 radical (unpaired) electrons. The van der Waals surface area contributed by atoms with Crippen LogP contribution in [0.2, 0.25) is 0 Å². The lowest BCUT2D eigenvalue weighted by atomic mass is 10.00. The fraction of sp³-hybridized carbons (Fsp3) is 0.400. The first-order valence-electron chi connectivity index (χ1n) is 16.0. The first kappa shape index (κ1) is 32.4. The Bertz CT molecular complexity index is 1860. The molecule has 2 aromatic heterocycles. The number of nitrogens with zero attached hydrogens (tertiary/aromatic N) is 5. The van der Waals surface area contributed by atoms with Crippen molar-refractivity contribution in [3.63, 3.8) is 0 Å². The molecule has 1 aliphatic carbocycles. The number of carbonyl (C=O) groups is 1. The minimum atomic E-state index is -4.16. The predicted molar refractivity (Wildman–Crippen MR) is 178 cm³/mol. The van der Waals surface area contributed by atoms with Crippen LogP contribution in [0, 0.1) is 25.7 Å². The van der Waals surface area contributed by atoms with E-state index in [-0.39, 0.29) is 53.5 Å². The van der Waals surface area contributed by atoms with Gasteiger partial charge in [-0.15, -0.1) is 0 Å². The second kappa shape index (κ2) is 13.3. The number of rotatable bonds is 8. The van der Waals surface area contributed by atoms with Crippen molar-refractivity contribution in [2.45, 2.75) is 77.5 Å². The molecule has 2 aliphatic rings. The van der Waals surface area contributed by atoms with Gasteiger partial charge in [0.1, 0.15) is 12.4 Å². The smallest absolute Gasteiger partial charge is 0.264 e. The lowest BCUT2D eigenvalue weighted by Gasteiger charge is -2.31. The molecule has 1 amide bonds. The van der Waals surface area contributed by atoms with Crippen LogP contribution in [-0.4, -0.2) is 57.9 Å². The minimum Gasteiger partial charge on any atom is -0.487 e. The molecule has 0 spiro atoms. The molecule has 0 saturated heterocycles. The van der Waals surface area contributed by atoms with E-state index in [1.807, 2.05) is 39.0 Å². The van der Waals surface area contributed by atoms with Gasteiger partial charge in [0.05, 0.1) is 41.7 Å². The van der Waals surface area contributed by atoms with E-state index in [1.165, 1.54) is 12.1 Å². The lowest BCUT2D eigenvalue weighted by Crippen LogP contribution is -2.44. The maximum absolute atomic E-state index is 14.3. The van der Waals surface area contributed by atoms with E-state index in [2.05, 4.69) is 38.5 Å². The van der Waals surface area contributed by atoms with Gasteiger partial charge in [-0.25, -0.2) is 28.1 Å². The predicted octanol–water partition coefficient (Wildman–Crippen LogP) is 5.98. The Morgan fingerprint density at radius 3 is 2.38 bits per heavy atom.